The van der Waals surface area contributed by atoms with Gasteiger partial charge in [-0.15, -0.1) is 0 Å². The standard InChI is InChI=1S/C12H19NOS2/c1-6-7-11(10(2)13-5)15-16-12(3,4)8-9-14/h6-7,9,13H,1-2,8H2,3-5H3/b11-7+. The van der Waals surface area contributed by atoms with Gasteiger partial charge in [-0.2, -0.15) is 0 Å². The fourth-order valence-corrected chi connectivity index (χ4v) is 3.23. The molecule has 0 rings (SSSR count). The van der Waals surface area contributed by atoms with Gasteiger partial charge in [0.05, 0.1) is 0 Å². The minimum absolute atomic E-state index is 0.0688. The smallest absolute Gasteiger partial charge is 0.121 e. The Morgan fingerprint density at radius 2 is 2.12 bits per heavy atom. The number of hydrogen-bond acceptors (Lipinski definition) is 4. The average Bonchev–Trinajstić information content (AvgIpc) is 2.23. The van der Waals surface area contributed by atoms with Crippen LogP contribution in [0.25, 0.3) is 0 Å². The Bertz CT molecular complexity index is 295. The quantitative estimate of drug-likeness (QED) is 0.409. The average molecular weight is 257 g/mol. The molecular formula is C12H19NOS2. The summed E-state index contributed by atoms with van der Waals surface area (Å²) in [6.07, 6.45) is 5.14. The summed E-state index contributed by atoms with van der Waals surface area (Å²) in [5, 5.41) is 3.00. The number of carbonyl (C=O) groups excluding carboxylic acids is 1. The van der Waals surface area contributed by atoms with Crippen LogP contribution in [0.2, 0.25) is 0 Å². The van der Waals surface area contributed by atoms with Crippen LogP contribution in [-0.2, 0) is 4.79 Å². The molecule has 2 nitrogen and oxygen atoms in total. The fourth-order valence-electron chi connectivity index (χ4n) is 0.801. The normalized spacial score (nSPS) is 12.1. The van der Waals surface area contributed by atoms with Gasteiger partial charge in [0, 0.05) is 28.8 Å². The van der Waals surface area contributed by atoms with Crippen LogP contribution in [0.1, 0.15) is 20.3 Å². The van der Waals surface area contributed by atoms with Crippen LogP contribution in [0, 0.1) is 0 Å². The minimum Gasteiger partial charge on any atom is -0.388 e. The maximum Gasteiger partial charge on any atom is 0.121 e. The predicted molar refractivity (Wildman–Crippen MR) is 76.4 cm³/mol. The number of likely N-dealkylation sites (N-methyl/N-ethyl adjacent to an activating group) is 1. The Morgan fingerprint density at radius 3 is 2.56 bits per heavy atom. The van der Waals surface area contributed by atoms with Crippen molar-refractivity contribution in [1.29, 1.82) is 0 Å². The Hall–Kier alpha value is -0.610. The molecule has 16 heavy (non-hydrogen) atoms. The zero-order valence-electron chi connectivity index (χ0n) is 10.1. The molecule has 0 aromatic carbocycles. The minimum atomic E-state index is -0.0688. The number of hydrogen-bond donors (Lipinski definition) is 1. The Kier molecular flexibility index (Phi) is 7.34. The topological polar surface area (TPSA) is 29.1 Å². The summed E-state index contributed by atoms with van der Waals surface area (Å²) in [4.78, 5) is 11.5. The molecule has 0 aliphatic rings. The van der Waals surface area contributed by atoms with Crippen LogP contribution in [0.15, 0.2) is 35.9 Å². The van der Waals surface area contributed by atoms with Crippen molar-refractivity contribution in [2.75, 3.05) is 7.05 Å². The van der Waals surface area contributed by atoms with Crippen molar-refractivity contribution in [2.24, 2.45) is 0 Å². The number of nitrogens with one attached hydrogen (secondary N) is 1. The molecule has 0 aromatic heterocycles. The van der Waals surface area contributed by atoms with Gasteiger partial charge in [0.1, 0.15) is 6.29 Å². The van der Waals surface area contributed by atoms with Gasteiger partial charge in [0.15, 0.2) is 0 Å². The maximum atomic E-state index is 10.5. The second-order valence-electron chi connectivity index (χ2n) is 3.79. The molecule has 4 heteroatoms. The molecule has 1 N–H and O–H groups in total. The van der Waals surface area contributed by atoms with E-state index in [1.165, 1.54) is 0 Å². The molecule has 0 saturated heterocycles. The van der Waals surface area contributed by atoms with Crippen LogP contribution >= 0.6 is 21.6 Å². The lowest BCUT2D eigenvalue weighted by atomic mass is 10.1. The molecule has 90 valence electrons. The highest BCUT2D eigenvalue weighted by Crippen LogP contribution is 2.43. The molecular weight excluding hydrogens is 238 g/mol. The van der Waals surface area contributed by atoms with Crippen LogP contribution in [0.4, 0.5) is 0 Å². The van der Waals surface area contributed by atoms with E-state index in [1.807, 2.05) is 27.0 Å². The van der Waals surface area contributed by atoms with Crippen LogP contribution in [0.3, 0.4) is 0 Å². The Labute approximate surface area is 106 Å². The summed E-state index contributed by atoms with van der Waals surface area (Å²) in [5.74, 6) is 0. The van der Waals surface area contributed by atoms with Crippen molar-refractivity contribution in [3.63, 3.8) is 0 Å². The van der Waals surface area contributed by atoms with Crippen molar-refractivity contribution < 1.29 is 4.79 Å². The summed E-state index contributed by atoms with van der Waals surface area (Å²) < 4.78 is -0.0688. The van der Waals surface area contributed by atoms with E-state index in [1.54, 1.807) is 27.7 Å². The first-order valence-electron chi connectivity index (χ1n) is 4.96. The van der Waals surface area contributed by atoms with E-state index in [2.05, 4.69) is 18.5 Å². The van der Waals surface area contributed by atoms with E-state index in [0.29, 0.717) is 6.42 Å². The lowest BCUT2D eigenvalue weighted by Gasteiger charge is -2.21. The maximum absolute atomic E-state index is 10.5. The highest BCUT2D eigenvalue weighted by molar-refractivity contribution is 8.78. The van der Waals surface area contributed by atoms with Crippen molar-refractivity contribution in [1.82, 2.24) is 5.32 Å². The monoisotopic (exact) mass is 257 g/mol. The van der Waals surface area contributed by atoms with E-state index in [0.717, 1.165) is 16.9 Å². The third kappa shape index (κ3) is 6.08. The molecule has 0 unspecified atom stereocenters. The van der Waals surface area contributed by atoms with Gasteiger partial charge in [-0.1, -0.05) is 40.8 Å². The van der Waals surface area contributed by atoms with E-state index < -0.39 is 0 Å². The SMILES string of the molecule is C=C/C=C(/SSC(C)(C)CC=O)C(=C)NC. The first-order valence-corrected chi connectivity index (χ1v) is 7.11. The first-order chi connectivity index (χ1) is 7.46. The first kappa shape index (κ1) is 15.4. The second kappa shape index (κ2) is 7.63. The number of aldehydes is 1. The number of rotatable bonds is 8. The molecule has 0 aliphatic heterocycles. The Morgan fingerprint density at radius 1 is 1.50 bits per heavy atom. The predicted octanol–water partition coefficient (Wildman–Crippen LogP) is 3.54. The Balaban J connectivity index is 4.44. The third-order valence-corrected chi connectivity index (χ3v) is 5.21. The highest BCUT2D eigenvalue weighted by Gasteiger charge is 2.19. The molecule has 0 heterocycles. The van der Waals surface area contributed by atoms with Gasteiger partial charge in [-0.05, 0) is 19.9 Å². The zero-order chi connectivity index (χ0) is 12.6. The number of carbonyl (C=O) groups is 1. The summed E-state index contributed by atoms with van der Waals surface area (Å²) in [6, 6.07) is 0. The largest absolute Gasteiger partial charge is 0.388 e. The van der Waals surface area contributed by atoms with Gasteiger partial charge >= 0.3 is 0 Å². The zero-order valence-corrected chi connectivity index (χ0v) is 11.7. The summed E-state index contributed by atoms with van der Waals surface area (Å²) in [6.45, 7) is 11.7. The van der Waals surface area contributed by atoms with Crippen molar-refractivity contribution >= 4 is 27.9 Å². The molecule has 0 saturated carbocycles. The molecule has 0 radical (unpaired) electrons. The summed E-state index contributed by atoms with van der Waals surface area (Å²) in [5.41, 5.74) is 0.860. The van der Waals surface area contributed by atoms with E-state index in [9.17, 15) is 4.79 Å². The van der Waals surface area contributed by atoms with Crippen LogP contribution in [-0.4, -0.2) is 18.1 Å². The van der Waals surface area contributed by atoms with Gasteiger partial charge in [-0.25, -0.2) is 0 Å². The number of allylic oxidation sites excluding steroid dienone is 2. The molecule has 0 aromatic rings. The second-order valence-corrected chi connectivity index (χ2v) is 6.67. The fraction of sp³-hybridized carbons (Fsp3) is 0.417. The molecule has 0 spiro atoms. The lowest BCUT2D eigenvalue weighted by molar-refractivity contribution is -0.108. The molecule has 0 aliphatic carbocycles. The lowest BCUT2D eigenvalue weighted by Crippen LogP contribution is -2.13. The van der Waals surface area contributed by atoms with E-state index in [4.69, 9.17) is 0 Å². The van der Waals surface area contributed by atoms with Crippen LogP contribution in [0.5, 0.6) is 0 Å². The van der Waals surface area contributed by atoms with Gasteiger partial charge in [0.25, 0.3) is 0 Å². The summed E-state index contributed by atoms with van der Waals surface area (Å²) in [7, 11) is 5.11. The van der Waals surface area contributed by atoms with Gasteiger partial charge in [0.2, 0.25) is 0 Å². The van der Waals surface area contributed by atoms with E-state index >= 15 is 0 Å². The van der Waals surface area contributed by atoms with Crippen molar-refractivity contribution in [2.45, 2.75) is 25.0 Å². The van der Waals surface area contributed by atoms with E-state index in [-0.39, 0.29) is 4.75 Å². The van der Waals surface area contributed by atoms with Gasteiger partial charge < -0.3 is 10.1 Å². The summed E-state index contributed by atoms with van der Waals surface area (Å²) >= 11 is 0. The molecule has 0 atom stereocenters. The third-order valence-electron chi connectivity index (χ3n) is 1.80. The molecule has 0 fully saturated rings. The van der Waals surface area contributed by atoms with Crippen molar-refractivity contribution in [3.05, 3.63) is 35.9 Å². The molecule has 0 amide bonds. The van der Waals surface area contributed by atoms with Crippen LogP contribution < -0.4 is 5.32 Å². The molecule has 0 bridgehead atoms. The highest BCUT2D eigenvalue weighted by atomic mass is 33.1. The van der Waals surface area contributed by atoms with Gasteiger partial charge in [-0.3, -0.25) is 0 Å². The van der Waals surface area contributed by atoms with Crippen molar-refractivity contribution in [3.8, 4) is 0 Å².